The second-order valence-corrected chi connectivity index (χ2v) is 9.68. The number of rotatable bonds is 7. The van der Waals surface area contributed by atoms with Crippen molar-refractivity contribution in [1.82, 2.24) is 9.62 Å². The van der Waals surface area contributed by atoms with Gasteiger partial charge in [-0.05, 0) is 65.9 Å². The minimum atomic E-state index is -3.42. The molecule has 0 spiro atoms. The maximum absolute atomic E-state index is 12.7. The molecule has 4 rings (SSSR count). The quantitative estimate of drug-likeness (QED) is 0.589. The molecule has 0 bridgehead atoms. The van der Waals surface area contributed by atoms with Crippen LogP contribution in [-0.2, 0) is 16.6 Å². The van der Waals surface area contributed by atoms with Crippen LogP contribution in [0.2, 0.25) is 0 Å². The molecule has 0 unspecified atom stereocenters. The Bertz CT molecular complexity index is 1170. The predicted molar refractivity (Wildman–Crippen MR) is 124 cm³/mol. The summed E-state index contributed by atoms with van der Waals surface area (Å²) in [6.45, 7) is 1.61. The van der Waals surface area contributed by atoms with Crippen molar-refractivity contribution in [2.24, 2.45) is 0 Å². The fourth-order valence-electron chi connectivity index (χ4n) is 3.74. The summed E-state index contributed by atoms with van der Waals surface area (Å²) >= 11 is 0. The van der Waals surface area contributed by atoms with E-state index in [-0.39, 0.29) is 5.91 Å². The maximum Gasteiger partial charge on any atom is 0.251 e. The van der Waals surface area contributed by atoms with Crippen LogP contribution in [0, 0.1) is 0 Å². The Hall–Kier alpha value is -3.16. The third kappa shape index (κ3) is 4.84. The second kappa shape index (κ2) is 9.54. The van der Waals surface area contributed by atoms with Gasteiger partial charge in [-0.25, -0.2) is 8.42 Å². The molecular weight excluding hydrogens is 424 g/mol. The molecule has 1 N–H and O–H groups in total. The Morgan fingerprint density at radius 1 is 0.875 bits per heavy atom. The minimum Gasteiger partial charge on any atom is -0.497 e. The van der Waals surface area contributed by atoms with E-state index in [9.17, 15) is 13.2 Å². The third-order valence-corrected chi connectivity index (χ3v) is 7.56. The normalized spacial score (nSPS) is 14.3. The predicted octanol–water partition coefficient (Wildman–Crippen LogP) is 4.08. The molecule has 0 atom stereocenters. The van der Waals surface area contributed by atoms with Crippen molar-refractivity contribution in [3.05, 3.63) is 83.9 Å². The van der Waals surface area contributed by atoms with E-state index < -0.39 is 10.0 Å². The van der Waals surface area contributed by atoms with Gasteiger partial charge in [-0.1, -0.05) is 36.4 Å². The first kappa shape index (κ1) is 22.0. The summed E-state index contributed by atoms with van der Waals surface area (Å²) in [6.07, 6.45) is 1.83. The van der Waals surface area contributed by atoms with Gasteiger partial charge in [0.05, 0.1) is 12.0 Å². The van der Waals surface area contributed by atoms with E-state index in [2.05, 4.69) is 5.32 Å². The highest BCUT2D eigenvalue weighted by atomic mass is 32.2. The number of benzene rings is 3. The number of carbonyl (C=O) groups excluding carboxylic acids is 1. The van der Waals surface area contributed by atoms with Gasteiger partial charge in [-0.2, -0.15) is 4.31 Å². The number of ether oxygens (including phenoxy) is 1. The first-order valence-electron chi connectivity index (χ1n) is 10.6. The van der Waals surface area contributed by atoms with Gasteiger partial charge < -0.3 is 10.1 Å². The number of carbonyl (C=O) groups is 1. The van der Waals surface area contributed by atoms with Crippen molar-refractivity contribution in [2.45, 2.75) is 24.3 Å². The van der Waals surface area contributed by atoms with Crippen LogP contribution in [0.3, 0.4) is 0 Å². The molecule has 0 saturated carbocycles. The van der Waals surface area contributed by atoms with Crippen LogP contribution in [0.15, 0.2) is 77.7 Å². The number of nitrogens with zero attached hydrogens (tertiary/aromatic N) is 1. The summed E-state index contributed by atoms with van der Waals surface area (Å²) in [5, 5.41) is 2.91. The van der Waals surface area contributed by atoms with Gasteiger partial charge in [0.1, 0.15) is 5.75 Å². The molecule has 1 aliphatic heterocycles. The van der Waals surface area contributed by atoms with E-state index in [1.165, 1.54) is 0 Å². The molecule has 3 aromatic carbocycles. The molecule has 0 aliphatic carbocycles. The zero-order valence-electron chi connectivity index (χ0n) is 18.0. The molecule has 3 aromatic rings. The Labute approximate surface area is 188 Å². The lowest BCUT2D eigenvalue weighted by Gasteiger charge is -2.15. The molecule has 0 aromatic heterocycles. The lowest BCUT2D eigenvalue weighted by Crippen LogP contribution is -2.27. The average Bonchev–Trinajstić information content (AvgIpc) is 3.39. The first-order chi connectivity index (χ1) is 15.5. The van der Waals surface area contributed by atoms with Gasteiger partial charge in [0, 0.05) is 25.2 Å². The summed E-state index contributed by atoms with van der Waals surface area (Å²) in [4.78, 5) is 12.8. The summed E-state index contributed by atoms with van der Waals surface area (Å²) in [6, 6.07) is 21.7. The lowest BCUT2D eigenvalue weighted by atomic mass is 10.0. The standard InChI is InChI=1S/C25H26N2O4S/c1-31-23-12-4-19(5-13-23)18-26-25(28)22-8-6-20(7-9-22)21-10-14-24(15-11-21)32(29,30)27-16-2-3-17-27/h4-15H,2-3,16-18H2,1H3,(H,26,28). The topological polar surface area (TPSA) is 75.7 Å². The SMILES string of the molecule is COc1ccc(CNC(=O)c2ccc(-c3ccc(S(=O)(=O)N4CCCC4)cc3)cc2)cc1. The molecule has 7 heteroatoms. The highest BCUT2D eigenvalue weighted by Crippen LogP contribution is 2.25. The molecule has 1 saturated heterocycles. The summed E-state index contributed by atoms with van der Waals surface area (Å²) in [7, 11) is -1.80. The highest BCUT2D eigenvalue weighted by molar-refractivity contribution is 7.89. The van der Waals surface area contributed by atoms with Gasteiger partial charge in [0.2, 0.25) is 10.0 Å². The number of sulfonamides is 1. The van der Waals surface area contributed by atoms with Crippen LogP contribution < -0.4 is 10.1 Å². The van der Waals surface area contributed by atoms with Crippen LogP contribution in [0.4, 0.5) is 0 Å². The smallest absolute Gasteiger partial charge is 0.251 e. The van der Waals surface area contributed by atoms with E-state index in [0.29, 0.717) is 30.1 Å². The van der Waals surface area contributed by atoms with Crippen LogP contribution in [0.25, 0.3) is 11.1 Å². The minimum absolute atomic E-state index is 0.153. The Morgan fingerprint density at radius 2 is 1.44 bits per heavy atom. The van der Waals surface area contributed by atoms with Crippen molar-refractivity contribution in [3.8, 4) is 16.9 Å². The largest absolute Gasteiger partial charge is 0.497 e. The van der Waals surface area contributed by atoms with Crippen molar-refractivity contribution in [3.63, 3.8) is 0 Å². The molecule has 32 heavy (non-hydrogen) atoms. The van der Waals surface area contributed by atoms with Crippen molar-refractivity contribution in [2.75, 3.05) is 20.2 Å². The van der Waals surface area contributed by atoms with E-state index in [0.717, 1.165) is 35.3 Å². The summed E-state index contributed by atoms with van der Waals surface area (Å²) in [5.74, 6) is 0.622. The van der Waals surface area contributed by atoms with Gasteiger partial charge >= 0.3 is 0 Å². The van der Waals surface area contributed by atoms with E-state index >= 15 is 0 Å². The van der Waals surface area contributed by atoms with Gasteiger partial charge in [-0.15, -0.1) is 0 Å². The lowest BCUT2D eigenvalue weighted by molar-refractivity contribution is 0.0951. The van der Waals surface area contributed by atoms with Crippen LogP contribution >= 0.6 is 0 Å². The average molecular weight is 451 g/mol. The first-order valence-corrected chi connectivity index (χ1v) is 12.0. The summed E-state index contributed by atoms with van der Waals surface area (Å²) in [5.41, 5.74) is 3.37. The van der Waals surface area contributed by atoms with Crippen molar-refractivity contribution in [1.29, 1.82) is 0 Å². The molecule has 0 radical (unpaired) electrons. The number of hydrogen-bond donors (Lipinski definition) is 1. The van der Waals surface area contributed by atoms with Crippen molar-refractivity contribution >= 4 is 15.9 Å². The van der Waals surface area contributed by atoms with Crippen LogP contribution in [0.1, 0.15) is 28.8 Å². The van der Waals surface area contributed by atoms with Crippen LogP contribution in [-0.4, -0.2) is 38.8 Å². The fraction of sp³-hybridized carbons (Fsp3) is 0.240. The number of methoxy groups -OCH3 is 1. The number of hydrogen-bond acceptors (Lipinski definition) is 4. The fourth-order valence-corrected chi connectivity index (χ4v) is 5.26. The molecule has 6 nitrogen and oxygen atoms in total. The zero-order valence-corrected chi connectivity index (χ0v) is 18.8. The molecule has 1 heterocycles. The van der Waals surface area contributed by atoms with Crippen molar-refractivity contribution < 1.29 is 17.9 Å². The monoisotopic (exact) mass is 450 g/mol. The molecule has 1 amide bonds. The molecule has 1 fully saturated rings. The Morgan fingerprint density at radius 3 is 2.00 bits per heavy atom. The van der Waals surface area contributed by atoms with Gasteiger partial charge in [-0.3, -0.25) is 4.79 Å². The van der Waals surface area contributed by atoms with Gasteiger partial charge in [0.25, 0.3) is 5.91 Å². The Balaban J connectivity index is 1.40. The molecular formula is C25H26N2O4S. The second-order valence-electron chi connectivity index (χ2n) is 7.74. The molecule has 166 valence electrons. The highest BCUT2D eigenvalue weighted by Gasteiger charge is 2.26. The van der Waals surface area contributed by atoms with E-state index in [1.807, 2.05) is 48.5 Å². The maximum atomic E-state index is 12.7. The zero-order chi connectivity index (χ0) is 22.6. The Kier molecular flexibility index (Phi) is 6.58. The van der Waals surface area contributed by atoms with Crippen LogP contribution in [0.5, 0.6) is 5.75 Å². The van der Waals surface area contributed by atoms with E-state index in [4.69, 9.17) is 4.74 Å². The summed E-state index contributed by atoms with van der Waals surface area (Å²) < 4.78 is 32.0. The van der Waals surface area contributed by atoms with Gasteiger partial charge in [0.15, 0.2) is 0 Å². The molecule has 1 aliphatic rings. The van der Waals surface area contributed by atoms with E-state index in [1.54, 1.807) is 35.7 Å². The third-order valence-electron chi connectivity index (χ3n) is 5.65. The number of amides is 1. The number of nitrogens with one attached hydrogen (secondary N) is 1.